The lowest BCUT2D eigenvalue weighted by Crippen LogP contribution is -2.28. The quantitative estimate of drug-likeness (QED) is 0.386. The maximum atomic E-state index is 13.4. The minimum absolute atomic E-state index is 0.0758. The smallest absolute Gasteiger partial charge is 0.268 e. The Balaban J connectivity index is 1.74. The summed E-state index contributed by atoms with van der Waals surface area (Å²) >= 11 is 7.39. The Morgan fingerprint density at radius 1 is 0.871 bits per heavy atom. The molecule has 1 aliphatic heterocycles. The van der Waals surface area contributed by atoms with Crippen molar-refractivity contribution in [3.63, 3.8) is 0 Å². The van der Waals surface area contributed by atoms with Gasteiger partial charge in [-0.2, -0.15) is 0 Å². The first-order valence-corrected chi connectivity index (χ1v) is 11.5. The van der Waals surface area contributed by atoms with Crippen LogP contribution in [0, 0.1) is 0 Å². The molecule has 0 aliphatic carbocycles. The molecule has 1 heterocycles. The molecule has 1 aliphatic rings. The molecule has 0 spiro atoms. The number of thioether (sulfide) groups is 1. The molecule has 0 N–H and O–H groups in total. The zero-order chi connectivity index (χ0) is 21.8. The first-order valence-electron chi connectivity index (χ1n) is 10.3. The molecule has 5 heteroatoms. The Morgan fingerprint density at radius 3 is 2.03 bits per heavy atom. The van der Waals surface area contributed by atoms with Crippen molar-refractivity contribution < 1.29 is 4.79 Å². The second-order valence-electron chi connectivity index (χ2n) is 7.24. The molecule has 0 unspecified atom stereocenters. The molecule has 3 nitrogen and oxygen atoms in total. The van der Waals surface area contributed by atoms with E-state index >= 15 is 0 Å². The number of rotatable bonds is 5. The molecule has 1 fully saturated rings. The third-order valence-electron chi connectivity index (χ3n) is 5.15. The lowest BCUT2D eigenvalue weighted by Gasteiger charge is -2.16. The van der Waals surface area contributed by atoms with Crippen molar-refractivity contribution in [3.8, 4) is 0 Å². The number of aryl methyl sites for hydroxylation is 2. The highest BCUT2D eigenvalue weighted by atomic mass is 35.5. The van der Waals surface area contributed by atoms with Crippen LogP contribution in [-0.4, -0.2) is 11.1 Å². The van der Waals surface area contributed by atoms with Gasteiger partial charge in [0.05, 0.1) is 16.3 Å². The van der Waals surface area contributed by atoms with Crippen LogP contribution >= 0.6 is 23.4 Å². The maximum Gasteiger partial charge on any atom is 0.271 e. The van der Waals surface area contributed by atoms with Gasteiger partial charge < -0.3 is 0 Å². The summed E-state index contributed by atoms with van der Waals surface area (Å²) in [5, 5.41) is 1.32. The summed E-state index contributed by atoms with van der Waals surface area (Å²) in [6, 6.07) is 23.7. The Kier molecular flexibility index (Phi) is 6.59. The molecule has 4 rings (SSSR count). The van der Waals surface area contributed by atoms with Gasteiger partial charge in [-0.15, -0.1) is 0 Å². The summed E-state index contributed by atoms with van der Waals surface area (Å²) in [7, 11) is 0. The van der Waals surface area contributed by atoms with Crippen LogP contribution in [0.3, 0.4) is 0 Å². The Bertz CT molecular complexity index is 1130. The Morgan fingerprint density at radius 2 is 1.45 bits per heavy atom. The summed E-state index contributed by atoms with van der Waals surface area (Å²) in [6.45, 7) is 4.24. The molecule has 0 atom stereocenters. The lowest BCUT2D eigenvalue weighted by molar-refractivity contribution is -0.113. The molecule has 31 heavy (non-hydrogen) atoms. The third-order valence-corrected chi connectivity index (χ3v) is 6.37. The van der Waals surface area contributed by atoms with Gasteiger partial charge in [-0.1, -0.05) is 61.8 Å². The minimum Gasteiger partial charge on any atom is -0.268 e. The van der Waals surface area contributed by atoms with Gasteiger partial charge in [0, 0.05) is 5.02 Å². The van der Waals surface area contributed by atoms with Gasteiger partial charge in [0.2, 0.25) is 0 Å². The van der Waals surface area contributed by atoms with E-state index in [9.17, 15) is 4.79 Å². The van der Waals surface area contributed by atoms with E-state index in [1.807, 2.05) is 54.6 Å². The summed E-state index contributed by atoms with van der Waals surface area (Å²) in [5.74, 6) is -0.0758. The molecular formula is C26H23ClN2OS. The van der Waals surface area contributed by atoms with Gasteiger partial charge in [0.25, 0.3) is 5.91 Å². The topological polar surface area (TPSA) is 32.7 Å². The zero-order valence-corrected chi connectivity index (χ0v) is 19.1. The number of amidine groups is 1. The predicted molar refractivity (Wildman–Crippen MR) is 133 cm³/mol. The van der Waals surface area contributed by atoms with Crippen molar-refractivity contribution in [2.45, 2.75) is 26.7 Å². The standard InChI is InChI=1S/C26H23ClN2OS/c1-3-18-7-13-22(14-8-18)28-26-29(23-15-9-19(4-2)10-16-23)25(30)24(31-26)17-20-5-11-21(27)12-6-20/h5-17H,3-4H2,1-2H3/b24-17+,28-26?. The van der Waals surface area contributed by atoms with Crippen molar-refractivity contribution in [3.05, 3.63) is 99.4 Å². The summed E-state index contributed by atoms with van der Waals surface area (Å²) in [4.78, 5) is 20.5. The van der Waals surface area contributed by atoms with Crippen LogP contribution < -0.4 is 4.90 Å². The maximum absolute atomic E-state index is 13.4. The number of amides is 1. The molecule has 156 valence electrons. The molecule has 1 amide bonds. The second kappa shape index (κ2) is 9.54. The van der Waals surface area contributed by atoms with Crippen LogP contribution in [0.1, 0.15) is 30.5 Å². The zero-order valence-electron chi connectivity index (χ0n) is 17.5. The average Bonchev–Trinajstić information content (AvgIpc) is 3.10. The highest BCUT2D eigenvalue weighted by Crippen LogP contribution is 2.37. The van der Waals surface area contributed by atoms with E-state index in [0.29, 0.717) is 15.1 Å². The van der Waals surface area contributed by atoms with Gasteiger partial charge in [-0.3, -0.25) is 9.69 Å². The van der Waals surface area contributed by atoms with E-state index in [2.05, 4.69) is 38.1 Å². The number of carbonyl (C=O) groups is 1. The van der Waals surface area contributed by atoms with E-state index in [0.717, 1.165) is 29.8 Å². The van der Waals surface area contributed by atoms with Crippen LogP contribution in [0.25, 0.3) is 6.08 Å². The fourth-order valence-corrected chi connectivity index (χ4v) is 4.41. The number of nitrogens with zero attached hydrogens (tertiary/aromatic N) is 2. The molecule has 0 bridgehead atoms. The number of halogens is 1. The van der Waals surface area contributed by atoms with Gasteiger partial charge in [0.1, 0.15) is 0 Å². The SMILES string of the molecule is CCc1ccc(N=C2S/C(=C/c3ccc(Cl)cc3)C(=O)N2c2ccc(CC)cc2)cc1. The third kappa shape index (κ3) is 4.92. The summed E-state index contributed by atoms with van der Waals surface area (Å²) < 4.78 is 0. The van der Waals surface area contributed by atoms with Crippen LogP contribution in [0.4, 0.5) is 11.4 Å². The fraction of sp³-hybridized carbons (Fsp3) is 0.154. The molecule has 3 aromatic rings. The fourth-order valence-electron chi connectivity index (χ4n) is 3.28. The molecule has 0 aromatic heterocycles. The number of anilines is 1. The van der Waals surface area contributed by atoms with Crippen molar-refractivity contribution in [2.75, 3.05) is 4.90 Å². The van der Waals surface area contributed by atoms with Crippen molar-refractivity contribution in [2.24, 2.45) is 4.99 Å². The van der Waals surface area contributed by atoms with Crippen molar-refractivity contribution in [1.82, 2.24) is 0 Å². The number of carbonyl (C=O) groups excluding carboxylic acids is 1. The van der Waals surface area contributed by atoms with Crippen LogP contribution in [-0.2, 0) is 17.6 Å². The molecule has 0 saturated carbocycles. The molecule has 1 saturated heterocycles. The van der Waals surface area contributed by atoms with E-state index in [1.165, 1.54) is 22.9 Å². The van der Waals surface area contributed by atoms with E-state index < -0.39 is 0 Å². The molecule has 0 radical (unpaired) electrons. The van der Waals surface area contributed by atoms with Crippen LogP contribution in [0.2, 0.25) is 5.02 Å². The number of benzene rings is 3. The number of hydrogen-bond acceptors (Lipinski definition) is 3. The monoisotopic (exact) mass is 446 g/mol. The summed E-state index contributed by atoms with van der Waals surface area (Å²) in [5.41, 5.74) is 5.06. The van der Waals surface area contributed by atoms with Crippen LogP contribution in [0.5, 0.6) is 0 Å². The Labute approximate surface area is 192 Å². The first kappa shape index (κ1) is 21.4. The lowest BCUT2D eigenvalue weighted by atomic mass is 10.1. The van der Waals surface area contributed by atoms with Crippen molar-refractivity contribution >= 4 is 51.9 Å². The average molecular weight is 447 g/mol. The van der Waals surface area contributed by atoms with Crippen molar-refractivity contribution in [1.29, 1.82) is 0 Å². The normalized spacial score (nSPS) is 16.5. The van der Waals surface area contributed by atoms with Gasteiger partial charge in [-0.25, -0.2) is 4.99 Å². The molecule has 3 aromatic carbocycles. The highest BCUT2D eigenvalue weighted by molar-refractivity contribution is 8.19. The summed E-state index contributed by atoms with van der Waals surface area (Å²) in [6.07, 6.45) is 3.82. The minimum atomic E-state index is -0.0758. The highest BCUT2D eigenvalue weighted by Gasteiger charge is 2.34. The largest absolute Gasteiger partial charge is 0.271 e. The second-order valence-corrected chi connectivity index (χ2v) is 8.68. The van der Waals surface area contributed by atoms with E-state index in [4.69, 9.17) is 16.6 Å². The van der Waals surface area contributed by atoms with Gasteiger partial charge in [-0.05, 0) is 83.8 Å². The first-order chi connectivity index (χ1) is 15.1. The predicted octanol–water partition coefficient (Wildman–Crippen LogP) is 7.27. The van der Waals surface area contributed by atoms with Crippen LogP contribution in [0.15, 0.2) is 82.7 Å². The van der Waals surface area contributed by atoms with Gasteiger partial charge in [0.15, 0.2) is 5.17 Å². The van der Waals surface area contributed by atoms with E-state index in [1.54, 1.807) is 4.90 Å². The van der Waals surface area contributed by atoms with E-state index in [-0.39, 0.29) is 5.91 Å². The molecular weight excluding hydrogens is 424 g/mol. The number of hydrogen-bond donors (Lipinski definition) is 0. The number of aliphatic imine (C=N–C) groups is 1. The van der Waals surface area contributed by atoms with Gasteiger partial charge >= 0.3 is 0 Å². The Hall–Kier alpha value is -2.82.